The van der Waals surface area contributed by atoms with E-state index in [1.54, 1.807) is 0 Å². The van der Waals surface area contributed by atoms with E-state index < -0.39 is 0 Å². The van der Waals surface area contributed by atoms with Gasteiger partial charge < -0.3 is 4.42 Å². The maximum absolute atomic E-state index is 6.25. The predicted octanol–water partition coefficient (Wildman–Crippen LogP) is 8.30. The molecule has 0 N–H and O–H groups in total. The Hall–Kier alpha value is -3.35. The van der Waals surface area contributed by atoms with Gasteiger partial charge in [-0.2, -0.15) is 0 Å². The summed E-state index contributed by atoms with van der Waals surface area (Å²) in [5.41, 5.74) is 4.25. The molecule has 0 bridgehead atoms. The average Bonchev–Trinajstić information content (AvgIpc) is 3.23. The summed E-state index contributed by atoms with van der Waals surface area (Å²) in [6.45, 7) is 0. The van der Waals surface area contributed by atoms with E-state index in [4.69, 9.17) is 19.4 Å². The Balaban J connectivity index is 1.64. The van der Waals surface area contributed by atoms with Crippen LogP contribution in [0.3, 0.4) is 0 Å². The zero-order valence-corrected chi connectivity index (χ0v) is 20.3. The minimum atomic E-state index is 0.569. The van der Waals surface area contributed by atoms with Gasteiger partial charge in [-0.05, 0) is 30.3 Å². The number of para-hydroxylation sites is 2. The quantitative estimate of drug-likeness (QED) is 0.220. The van der Waals surface area contributed by atoms with E-state index in [9.17, 15) is 0 Å². The summed E-state index contributed by atoms with van der Waals surface area (Å²) < 4.78 is 8.13. The average molecular weight is 557 g/mol. The highest BCUT2D eigenvalue weighted by atomic mass is 79.9. The Morgan fingerprint density at radius 2 is 1.18 bits per heavy atom. The smallest absolute Gasteiger partial charge is 0.167 e. The van der Waals surface area contributed by atoms with Gasteiger partial charge in [0.25, 0.3) is 0 Å². The number of hydrogen-bond donors (Lipinski definition) is 0. The molecule has 6 heteroatoms. The maximum Gasteiger partial charge on any atom is 0.167 e. The zero-order valence-electron chi connectivity index (χ0n) is 17.2. The van der Waals surface area contributed by atoms with Gasteiger partial charge in [0.1, 0.15) is 11.2 Å². The molecular formula is C27H15Br2N3O. The lowest BCUT2D eigenvalue weighted by atomic mass is 10.1. The van der Waals surface area contributed by atoms with Crippen molar-refractivity contribution in [3.63, 3.8) is 0 Å². The monoisotopic (exact) mass is 555 g/mol. The molecule has 0 aliphatic carbocycles. The Bertz CT molecular complexity index is 1620. The molecule has 0 saturated carbocycles. The third kappa shape index (κ3) is 3.75. The number of benzene rings is 4. The number of fused-ring (bicyclic) bond motifs is 3. The van der Waals surface area contributed by atoms with Crippen LogP contribution in [0.25, 0.3) is 56.1 Å². The van der Waals surface area contributed by atoms with Gasteiger partial charge in [-0.15, -0.1) is 0 Å². The summed E-state index contributed by atoms with van der Waals surface area (Å²) in [4.78, 5) is 14.5. The van der Waals surface area contributed by atoms with Gasteiger partial charge in [-0.1, -0.05) is 92.5 Å². The largest absolute Gasteiger partial charge is 0.455 e. The molecule has 0 unspecified atom stereocenters. The van der Waals surface area contributed by atoms with Crippen molar-refractivity contribution < 1.29 is 4.42 Å². The second kappa shape index (κ2) is 8.21. The second-order valence-corrected chi connectivity index (χ2v) is 9.44. The van der Waals surface area contributed by atoms with Crippen LogP contribution in [0.2, 0.25) is 0 Å². The first-order valence-electron chi connectivity index (χ1n) is 10.3. The third-order valence-corrected chi connectivity index (χ3v) is 6.35. The van der Waals surface area contributed by atoms with Gasteiger partial charge in [0.2, 0.25) is 0 Å². The van der Waals surface area contributed by atoms with Gasteiger partial charge in [0.05, 0.1) is 5.56 Å². The first-order chi connectivity index (χ1) is 16.2. The van der Waals surface area contributed by atoms with Crippen LogP contribution in [-0.2, 0) is 0 Å². The SMILES string of the molecule is Brc1cc(Br)cc(-c2nc(-c3ccccc3)nc(-c3cccc4c3oc3ccccc34)n2)c1. The molecule has 0 aliphatic rings. The standard InChI is InChI=1S/C27H15Br2N3O/c28-18-13-17(14-19(29)15-18)26-30-25(16-7-2-1-3-8-16)31-27(32-26)22-11-6-10-21-20-9-4-5-12-23(20)33-24(21)22/h1-15H. The van der Waals surface area contributed by atoms with Crippen LogP contribution in [0.4, 0.5) is 0 Å². The molecule has 0 radical (unpaired) electrons. The molecule has 33 heavy (non-hydrogen) atoms. The molecule has 0 saturated heterocycles. The Kier molecular flexibility index (Phi) is 5.04. The highest BCUT2D eigenvalue weighted by Gasteiger charge is 2.17. The van der Waals surface area contributed by atoms with E-state index in [0.717, 1.165) is 47.6 Å². The second-order valence-electron chi connectivity index (χ2n) is 7.61. The predicted molar refractivity (Wildman–Crippen MR) is 139 cm³/mol. The molecule has 0 fully saturated rings. The molecule has 0 spiro atoms. The molecule has 2 aromatic heterocycles. The van der Waals surface area contributed by atoms with E-state index in [0.29, 0.717) is 17.5 Å². The zero-order chi connectivity index (χ0) is 22.4. The Morgan fingerprint density at radius 1 is 0.545 bits per heavy atom. The molecule has 6 rings (SSSR count). The van der Waals surface area contributed by atoms with Crippen LogP contribution in [0.1, 0.15) is 0 Å². The molecule has 0 atom stereocenters. The van der Waals surface area contributed by atoms with Gasteiger partial charge >= 0.3 is 0 Å². The summed E-state index contributed by atoms with van der Waals surface area (Å²) in [6, 6.07) is 30.0. The minimum Gasteiger partial charge on any atom is -0.455 e. The van der Waals surface area contributed by atoms with Crippen molar-refractivity contribution in [2.75, 3.05) is 0 Å². The first kappa shape index (κ1) is 20.3. The normalized spacial score (nSPS) is 11.3. The summed E-state index contributed by atoms with van der Waals surface area (Å²) in [6.07, 6.45) is 0. The summed E-state index contributed by atoms with van der Waals surface area (Å²) in [7, 11) is 0. The molecule has 2 heterocycles. The summed E-state index contributed by atoms with van der Waals surface area (Å²) in [5, 5.41) is 2.11. The van der Waals surface area contributed by atoms with Gasteiger partial charge in [-0.3, -0.25) is 0 Å². The van der Waals surface area contributed by atoms with Crippen molar-refractivity contribution in [3.8, 4) is 34.2 Å². The fourth-order valence-electron chi connectivity index (χ4n) is 3.95. The van der Waals surface area contributed by atoms with Crippen LogP contribution in [0.15, 0.2) is 104 Å². The topological polar surface area (TPSA) is 51.8 Å². The molecule has 0 amide bonds. The van der Waals surface area contributed by atoms with Crippen molar-refractivity contribution in [1.82, 2.24) is 15.0 Å². The van der Waals surface area contributed by atoms with Crippen molar-refractivity contribution in [1.29, 1.82) is 0 Å². The van der Waals surface area contributed by atoms with Crippen LogP contribution in [-0.4, -0.2) is 15.0 Å². The number of aromatic nitrogens is 3. The molecular weight excluding hydrogens is 542 g/mol. The molecule has 6 aromatic rings. The van der Waals surface area contributed by atoms with Crippen molar-refractivity contribution >= 4 is 53.8 Å². The van der Waals surface area contributed by atoms with Crippen molar-refractivity contribution in [3.05, 3.63) is 99.9 Å². The minimum absolute atomic E-state index is 0.569. The number of halogens is 2. The number of rotatable bonds is 3. The lowest BCUT2D eigenvalue weighted by Crippen LogP contribution is -2.00. The number of hydrogen-bond acceptors (Lipinski definition) is 4. The lowest BCUT2D eigenvalue weighted by molar-refractivity contribution is 0.669. The van der Waals surface area contributed by atoms with Crippen molar-refractivity contribution in [2.45, 2.75) is 0 Å². The summed E-state index contributed by atoms with van der Waals surface area (Å²) in [5.74, 6) is 1.77. The van der Waals surface area contributed by atoms with Gasteiger partial charge in [0.15, 0.2) is 17.5 Å². The maximum atomic E-state index is 6.25. The highest BCUT2D eigenvalue weighted by Crippen LogP contribution is 2.36. The van der Waals surface area contributed by atoms with Crippen molar-refractivity contribution in [2.24, 2.45) is 0 Å². The fourth-order valence-corrected chi connectivity index (χ4v) is 5.24. The Labute approximate surface area is 206 Å². The molecule has 4 nitrogen and oxygen atoms in total. The molecule has 4 aromatic carbocycles. The molecule has 158 valence electrons. The van der Waals surface area contributed by atoms with E-state index in [2.05, 4.69) is 44.0 Å². The van der Waals surface area contributed by atoms with Gasteiger partial charge in [-0.25, -0.2) is 15.0 Å². The van der Waals surface area contributed by atoms with E-state index in [-0.39, 0.29) is 0 Å². The fraction of sp³-hybridized carbons (Fsp3) is 0. The molecule has 0 aliphatic heterocycles. The third-order valence-electron chi connectivity index (χ3n) is 5.43. The highest BCUT2D eigenvalue weighted by molar-refractivity contribution is 9.11. The summed E-state index contributed by atoms with van der Waals surface area (Å²) >= 11 is 7.15. The lowest BCUT2D eigenvalue weighted by Gasteiger charge is -2.09. The number of furan rings is 1. The van der Waals surface area contributed by atoms with Crippen LogP contribution in [0, 0.1) is 0 Å². The first-order valence-corrected chi connectivity index (χ1v) is 11.9. The Morgan fingerprint density at radius 3 is 1.97 bits per heavy atom. The van der Waals surface area contributed by atoms with E-state index in [1.165, 1.54) is 0 Å². The van der Waals surface area contributed by atoms with Gasteiger partial charge in [0, 0.05) is 30.8 Å². The van der Waals surface area contributed by atoms with E-state index >= 15 is 0 Å². The number of nitrogens with zero attached hydrogens (tertiary/aromatic N) is 3. The van der Waals surface area contributed by atoms with Crippen LogP contribution >= 0.6 is 31.9 Å². The van der Waals surface area contributed by atoms with E-state index in [1.807, 2.05) is 78.9 Å². The van der Waals surface area contributed by atoms with Crippen LogP contribution in [0.5, 0.6) is 0 Å². The van der Waals surface area contributed by atoms with Crippen LogP contribution < -0.4 is 0 Å².